The minimum Gasteiger partial charge on any atom is -0.312 e. The van der Waals surface area contributed by atoms with Gasteiger partial charge in [0, 0.05) is 19.7 Å². The number of amides is 1. The summed E-state index contributed by atoms with van der Waals surface area (Å²) in [4.78, 5) is 41.5. The number of hydrogen-bond donors (Lipinski definition) is 1. The SMILES string of the molecule is C.CC(C(=O)Nc1ccc(-c2ccccc2)nn1)n1cnc2c1c(=O)n(C)c(=O)n2C. The predicted molar refractivity (Wildman–Crippen MR) is 118 cm³/mol. The molecule has 0 bridgehead atoms. The van der Waals surface area contributed by atoms with Gasteiger partial charge in [-0.2, -0.15) is 0 Å². The van der Waals surface area contributed by atoms with Gasteiger partial charge in [-0.1, -0.05) is 37.8 Å². The Morgan fingerprint density at radius 2 is 1.71 bits per heavy atom. The normalized spacial score (nSPS) is 11.7. The summed E-state index contributed by atoms with van der Waals surface area (Å²) in [6, 6.07) is 12.2. The molecular formula is C21H23N7O3. The van der Waals surface area contributed by atoms with Crippen molar-refractivity contribution in [3.8, 4) is 11.3 Å². The quantitative estimate of drug-likeness (QED) is 0.536. The zero-order chi connectivity index (χ0) is 21.4. The molecule has 3 aromatic heterocycles. The molecule has 0 fully saturated rings. The zero-order valence-corrected chi connectivity index (χ0v) is 16.6. The number of rotatable bonds is 4. The van der Waals surface area contributed by atoms with Crippen molar-refractivity contribution in [2.24, 2.45) is 14.1 Å². The second-order valence-corrected chi connectivity index (χ2v) is 6.86. The predicted octanol–water partition coefficient (Wildman–Crippen LogP) is 1.73. The Morgan fingerprint density at radius 3 is 2.35 bits per heavy atom. The van der Waals surface area contributed by atoms with Gasteiger partial charge in [0.15, 0.2) is 17.0 Å². The first kappa shape index (κ1) is 21.6. The highest BCUT2D eigenvalue weighted by atomic mass is 16.2. The molecule has 4 rings (SSSR count). The lowest BCUT2D eigenvalue weighted by molar-refractivity contribution is -0.118. The van der Waals surface area contributed by atoms with Gasteiger partial charge in [0.25, 0.3) is 5.56 Å². The van der Waals surface area contributed by atoms with Crippen LogP contribution in [0.4, 0.5) is 5.82 Å². The summed E-state index contributed by atoms with van der Waals surface area (Å²) in [6.45, 7) is 1.63. The van der Waals surface area contributed by atoms with Gasteiger partial charge in [0.05, 0.1) is 12.0 Å². The smallest absolute Gasteiger partial charge is 0.312 e. The molecule has 0 saturated carbocycles. The summed E-state index contributed by atoms with van der Waals surface area (Å²) < 4.78 is 3.70. The molecule has 0 spiro atoms. The molecule has 4 aromatic rings. The van der Waals surface area contributed by atoms with Gasteiger partial charge in [0.1, 0.15) is 6.04 Å². The Hall–Kier alpha value is -4.08. The first-order valence-corrected chi connectivity index (χ1v) is 9.21. The third kappa shape index (κ3) is 3.75. The minimum atomic E-state index is -0.768. The lowest BCUT2D eigenvalue weighted by Gasteiger charge is -2.14. The van der Waals surface area contributed by atoms with E-state index in [-0.39, 0.29) is 24.4 Å². The molecule has 0 saturated heterocycles. The Morgan fingerprint density at radius 1 is 1.00 bits per heavy atom. The Balaban J connectivity index is 0.00000272. The molecule has 1 aromatic carbocycles. The van der Waals surface area contributed by atoms with Gasteiger partial charge >= 0.3 is 5.69 Å². The van der Waals surface area contributed by atoms with Crippen LogP contribution in [-0.4, -0.2) is 34.8 Å². The highest BCUT2D eigenvalue weighted by Gasteiger charge is 2.22. The monoisotopic (exact) mass is 421 g/mol. The maximum atomic E-state index is 12.8. The number of carbonyl (C=O) groups is 1. The number of nitrogens with one attached hydrogen (secondary N) is 1. The number of imidazole rings is 1. The van der Waals surface area contributed by atoms with Crippen molar-refractivity contribution in [3.05, 3.63) is 69.6 Å². The number of fused-ring (bicyclic) bond motifs is 1. The molecule has 1 N–H and O–H groups in total. The molecule has 3 heterocycles. The van der Waals surface area contributed by atoms with Crippen LogP contribution in [-0.2, 0) is 18.9 Å². The number of anilines is 1. The van der Waals surface area contributed by atoms with E-state index in [1.807, 2.05) is 30.3 Å². The van der Waals surface area contributed by atoms with Crippen LogP contribution in [0.5, 0.6) is 0 Å². The van der Waals surface area contributed by atoms with Crippen LogP contribution < -0.4 is 16.6 Å². The van der Waals surface area contributed by atoms with Gasteiger partial charge in [-0.15, -0.1) is 10.2 Å². The molecule has 0 radical (unpaired) electrons. The molecule has 0 aliphatic heterocycles. The number of aromatic nitrogens is 6. The molecule has 160 valence electrons. The van der Waals surface area contributed by atoms with Crippen LogP contribution in [0.1, 0.15) is 20.4 Å². The van der Waals surface area contributed by atoms with E-state index >= 15 is 0 Å². The molecular weight excluding hydrogens is 398 g/mol. The first-order chi connectivity index (χ1) is 14.4. The Bertz CT molecular complexity index is 1350. The molecule has 1 unspecified atom stereocenters. The fourth-order valence-corrected chi connectivity index (χ4v) is 3.18. The number of carbonyl (C=O) groups excluding carboxylic acids is 1. The van der Waals surface area contributed by atoms with Gasteiger partial charge in [-0.3, -0.25) is 18.7 Å². The van der Waals surface area contributed by atoms with Crippen LogP contribution in [0, 0.1) is 0 Å². The summed E-state index contributed by atoms with van der Waals surface area (Å²) in [6.07, 6.45) is 1.37. The average Bonchev–Trinajstić information content (AvgIpc) is 3.22. The van der Waals surface area contributed by atoms with Crippen molar-refractivity contribution < 1.29 is 4.79 Å². The standard InChI is InChI=1S/C20H19N7O3.CH4/c1-12(27-11-21-17-16(27)19(29)26(3)20(30)25(17)2)18(28)22-15-10-9-14(23-24-15)13-7-5-4-6-8-13;/h4-12H,1-3H3,(H,22,24,28);1H4. The highest BCUT2D eigenvalue weighted by molar-refractivity contribution is 5.93. The van der Waals surface area contributed by atoms with Crippen LogP contribution in [0.15, 0.2) is 58.4 Å². The number of benzene rings is 1. The third-order valence-electron chi connectivity index (χ3n) is 4.96. The average molecular weight is 421 g/mol. The van der Waals surface area contributed by atoms with Crippen LogP contribution in [0.3, 0.4) is 0 Å². The summed E-state index contributed by atoms with van der Waals surface area (Å²) in [5.41, 5.74) is 0.998. The fraction of sp³-hybridized carbons (Fsp3) is 0.238. The van der Waals surface area contributed by atoms with Crippen LogP contribution >= 0.6 is 0 Å². The van der Waals surface area contributed by atoms with E-state index in [4.69, 9.17) is 0 Å². The lowest BCUT2D eigenvalue weighted by Crippen LogP contribution is -2.38. The zero-order valence-electron chi connectivity index (χ0n) is 16.6. The molecule has 0 aliphatic rings. The Labute approximate surface area is 177 Å². The lowest BCUT2D eigenvalue weighted by atomic mass is 10.1. The van der Waals surface area contributed by atoms with Crippen molar-refractivity contribution in [1.29, 1.82) is 0 Å². The van der Waals surface area contributed by atoms with E-state index in [2.05, 4.69) is 20.5 Å². The van der Waals surface area contributed by atoms with Gasteiger partial charge < -0.3 is 9.88 Å². The summed E-state index contributed by atoms with van der Waals surface area (Å²) in [5.74, 6) is -0.108. The van der Waals surface area contributed by atoms with Crippen LogP contribution in [0.25, 0.3) is 22.4 Å². The van der Waals surface area contributed by atoms with Gasteiger partial charge in [0.2, 0.25) is 5.91 Å². The second kappa shape index (κ2) is 8.34. The first-order valence-electron chi connectivity index (χ1n) is 9.21. The van der Waals surface area contributed by atoms with Gasteiger partial charge in [-0.25, -0.2) is 9.78 Å². The largest absolute Gasteiger partial charge is 0.332 e. The van der Waals surface area contributed by atoms with Crippen molar-refractivity contribution >= 4 is 22.9 Å². The molecule has 1 amide bonds. The molecule has 10 nitrogen and oxygen atoms in total. The van der Waals surface area contributed by atoms with E-state index in [1.165, 1.54) is 29.6 Å². The molecule has 1 atom stereocenters. The van der Waals surface area contributed by atoms with Gasteiger partial charge in [-0.05, 0) is 19.1 Å². The fourth-order valence-electron chi connectivity index (χ4n) is 3.18. The molecule has 10 heteroatoms. The summed E-state index contributed by atoms with van der Waals surface area (Å²) in [7, 11) is 2.91. The van der Waals surface area contributed by atoms with Crippen molar-refractivity contribution in [3.63, 3.8) is 0 Å². The van der Waals surface area contributed by atoms with E-state index in [9.17, 15) is 14.4 Å². The van der Waals surface area contributed by atoms with Crippen molar-refractivity contribution in [2.75, 3.05) is 5.32 Å². The van der Waals surface area contributed by atoms with E-state index in [0.29, 0.717) is 5.69 Å². The van der Waals surface area contributed by atoms with E-state index in [0.717, 1.165) is 10.1 Å². The van der Waals surface area contributed by atoms with E-state index in [1.54, 1.807) is 19.1 Å². The van der Waals surface area contributed by atoms with Crippen molar-refractivity contribution in [2.45, 2.75) is 20.4 Å². The minimum absolute atomic E-state index is 0. The maximum absolute atomic E-state index is 12.8. The molecule has 31 heavy (non-hydrogen) atoms. The number of nitrogens with zero attached hydrogens (tertiary/aromatic N) is 6. The third-order valence-corrected chi connectivity index (χ3v) is 4.96. The summed E-state index contributed by atoms with van der Waals surface area (Å²) in [5, 5.41) is 10.9. The number of hydrogen-bond acceptors (Lipinski definition) is 6. The second-order valence-electron chi connectivity index (χ2n) is 6.86. The van der Waals surface area contributed by atoms with E-state index < -0.39 is 23.2 Å². The number of aryl methyl sites for hydroxylation is 1. The summed E-state index contributed by atoms with van der Waals surface area (Å²) >= 11 is 0. The Kier molecular flexibility index (Phi) is 5.82. The highest BCUT2D eigenvalue weighted by Crippen LogP contribution is 2.18. The molecule has 0 aliphatic carbocycles. The van der Waals surface area contributed by atoms with Crippen molar-refractivity contribution in [1.82, 2.24) is 28.9 Å². The topological polar surface area (TPSA) is 117 Å². The van der Waals surface area contributed by atoms with Crippen LogP contribution in [0.2, 0.25) is 0 Å². The maximum Gasteiger partial charge on any atom is 0.332 e.